The molecule has 1 unspecified atom stereocenters. The third-order valence-corrected chi connectivity index (χ3v) is 5.20. The Morgan fingerprint density at radius 2 is 1.58 bits per heavy atom. The zero-order valence-corrected chi connectivity index (χ0v) is 19.3. The van der Waals surface area contributed by atoms with Gasteiger partial charge in [-0.1, -0.05) is 38.1 Å². The van der Waals surface area contributed by atoms with E-state index in [9.17, 15) is 5.11 Å². The quantitative estimate of drug-likeness (QED) is 0.198. The predicted octanol–water partition coefficient (Wildman–Crippen LogP) is 3.76. The molecule has 6 nitrogen and oxygen atoms in total. The first-order chi connectivity index (χ1) is 14.7. The minimum Gasteiger partial charge on any atom is -0.494 e. The van der Waals surface area contributed by atoms with Crippen LogP contribution in [-0.2, 0) is 5.41 Å². The van der Waals surface area contributed by atoms with Gasteiger partial charge in [-0.2, -0.15) is 0 Å². The fraction of sp³-hybridized carbons (Fsp3) is 0.417. The predicted molar refractivity (Wildman–Crippen MR) is 126 cm³/mol. The van der Waals surface area contributed by atoms with Gasteiger partial charge < -0.3 is 25.3 Å². The Kier molecular flexibility index (Phi) is 9.49. The van der Waals surface area contributed by atoms with Gasteiger partial charge in [0.25, 0.3) is 0 Å². The number of alkyl halides is 1. The van der Waals surface area contributed by atoms with Crippen LogP contribution in [0.1, 0.15) is 38.3 Å². The number of hydrogen-bond donors (Lipinski definition) is 3. The van der Waals surface area contributed by atoms with Crippen molar-refractivity contribution in [2.24, 2.45) is 11.6 Å². The topological polar surface area (TPSA) is 94.0 Å². The van der Waals surface area contributed by atoms with Crippen LogP contribution in [0.15, 0.2) is 60.4 Å². The molecule has 0 radical (unpaired) electrons. The van der Waals surface area contributed by atoms with E-state index in [0.29, 0.717) is 23.9 Å². The molecule has 5 N–H and O–H groups in total. The summed E-state index contributed by atoms with van der Waals surface area (Å²) in [6, 6.07) is 16.1. The smallest absolute Gasteiger partial charge is 0.119 e. The molecule has 0 aliphatic heterocycles. The van der Waals surface area contributed by atoms with Crippen molar-refractivity contribution in [2.45, 2.75) is 38.7 Å². The number of aliphatic hydroxyl groups is 1. The highest BCUT2D eigenvalue weighted by molar-refractivity contribution is 6.17. The van der Waals surface area contributed by atoms with Crippen molar-refractivity contribution < 1.29 is 14.6 Å². The number of nitrogens with two attached hydrogens (primary N) is 2. The van der Waals surface area contributed by atoms with E-state index in [0.717, 1.165) is 17.7 Å². The molecule has 170 valence electrons. The molecule has 2 aromatic carbocycles. The third-order valence-electron chi connectivity index (χ3n) is 4.93. The van der Waals surface area contributed by atoms with Crippen molar-refractivity contribution in [3.05, 3.63) is 71.6 Å². The first-order valence-electron chi connectivity index (χ1n) is 10.4. The molecular formula is C24H34ClN3O3. The van der Waals surface area contributed by atoms with Crippen molar-refractivity contribution in [3.8, 4) is 11.5 Å². The largest absolute Gasteiger partial charge is 0.494 e. The van der Waals surface area contributed by atoms with Gasteiger partial charge in [-0.05, 0) is 48.7 Å². The first-order valence-corrected chi connectivity index (χ1v) is 10.9. The summed E-state index contributed by atoms with van der Waals surface area (Å²) < 4.78 is 11.4. The fourth-order valence-corrected chi connectivity index (χ4v) is 3.26. The van der Waals surface area contributed by atoms with E-state index in [1.165, 1.54) is 10.6 Å². The first kappa shape index (κ1) is 24.9. The summed E-state index contributed by atoms with van der Waals surface area (Å²) >= 11 is 5.69. The highest BCUT2D eigenvalue weighted by Gasteiger charge is 2.23. The van der Waals surface area contributed by atoms with E-state index >= 15 is 0 Å². The number of aliphatic hydroxyl groups excluding tert-OH is 1. The number of hydrazine groups is 1. The van der Waals surface area contributed by atoms with E-state index in [1.807, 2.05) is 36.4 Å². The second-order valence-corrected chi connectivity index (χ2v) is 8.48. The number of benzene rings is 2. The molecule has 2 rings (SSSR count). The number of ether oxygens (including phenoxy) is 2. The van der Waals surface area contributed by atoms with E-state index in [2.05, 4.69) is 26.0 Å². The van der Waals surface area contributed by atoms with Gasteiger partial charge in [0.15, 0.2) is 0 Å². The molecule has 0 saturated carbocycles. The van der Waals surface area contributed by atoms with Gasteiger partial charge in [-0.15, -0.1) is 11.6 Å². The van der Waals surface area contributed by atoms with Crippen LogP contribution in [0.25, 0.3) is 0 Å². The van der Waals surface area contributed by atoms with Gasteiger partial charge in [0.1, 0.15) is 24.2 Å². The molecule has 0 aromatic heterocycles. The van der Waals surface area contributed by atoms with Gasteiger partial charge >= 0.3 is 0 Å². The lowest BCUT2D eigenvalue weighted by Gasteiger charge is -2.26. The van der Waals surface area contributed by atoms with Crippen LogP contribution in [0, 0.1) is 0 Å². The summed E-state index contributed by atoms with van der Waals surface area (Å²) in [6.07, 6.45) is 1.66. The molecule has 2 aromatic rings. The van der Waals surface area contributed by atoms with E-state index in [-0.39, 0.29) is 18.6 Å². The summed E-state index contributed by atoms with van der Waals surface area (Å²) in [5.41, 5.74) is 8.31. The minimum absolute atomic E-state index is 0.138. The summed E-state index contributed by atoms with van der Waals surface area (Å²) in [7, 11) is 0. The van der Waals surface area contributed by atoms with Gasteiger partial charge in [-0.3, -0.25) is 0 Å². The van der Waals surface area contributed by atoms with Gasteiger partial charge in [-0.25, -0.2) is 5.84 Å². The maximum Gasteiger partial charge on any atom is 0.119 e. The molecule has 31 heavy (non-hydrogen) atoms. The van der Waals surface area contributed by atoms with Crippen molar-refractivity contribution in [2.75, 3.05) is 25.6 Å². The van der Waals surface area contributed by atoms with Crippen molar-refractivity contribution in [1.82, 2.24) is 5.01 Å². The molecule has 0 saturated heterocycles. The lowest BCUT2D eigenvalue weighted by atomic mass is 9.78. The minimum atomic E-state index is -0.734. The standard InChI is InChI=1S/C24H34ClN3O3/c1-18(26)15-28(27)16-21(29)17-31-23-11-7-20(8-12-23)24(2,3)19-5-9-22(10-6-19)30-14-4-13-25/h5-12,15,21,29H,4,13-14,16-17,26-27H2,1-3H3/b18-15-. The van der Waals surface area contributed by atoms with Crippen molar-refractivity contribution in [1.29, 1.82) is 0 Å². The Morgan fingerprint density at radius 1 is 1.06 bits per heavy atom. The summed E-state index contributed by atoms with van der Waals surface area (Å²) in [6.45, 7) is 7.08. The van der Waals surface area contributed by atoms with E-state index in [1.54, 1.807) is 13.1 Å². The van der Waals surface area contributed by atoms with Crippen molar-refractivity contribution in [3.63, 3.8) is 0 Å². The zero-order chi connectivity index (χ0) is 22.9. The number of hydrogen-bond acceptors (Lipinski definition) is 6. The van der Waals surface area contributed by atoms with Crippen LogP contribution in [0.3, 0.4) is 0 Å². The summed E-state index contributed by atoms with van der Waals surface area (Å²) in [4.78, 5) is 0. The molecule has 0 amide bonds. The van der Waals surface area contributed by atoms with Gasteiger partial charge in [0.2, 0.25) is 0 Å². The Hall–Kier alpha value is -2.41. The number of rotatable bonds is 12. The molecule has 0 aliphatic rings. The molecule has 0 aliphatic carbocycles. The molecule has 0 bridgehead atoms. The zero-order valence-electron chi connectivity index (χ0n) is 18.6. The fourth-order valence-electron chi connectivity index (χ4n) is 3.15. The highest BCUT2D eigenvalue weighted by atomic mass is 35.5. The molecule has 0 heterocycles. The molecule has 1 atom stereocenters. The Labute approximate surface area is 190 Å². The van der Waals surface area contributed by atoms with Gasteiger partial charge in [0, 0.05) is 23.2 Å². The lowest BCUT2D eigenvalue weighted by molar-refractivity contribution is 0.0817. The molecule has 0 spiro atoms. The average molecular weight is 448 g/mol. The average Bonchev–Trinajstić information content (AvgIpc) is 2.72. The summed E-state index contributed by atoms with van der Waals surface area (Å²) in [5, 5.41) is 11.4. The Balaban J connectivity index is 1.94. The highest BCUT2D eigenvalue weighted by Crippen LogP contribution is 2.33. The second kappa shape index (κ2) is 11.8. The normalized spacial score (nSPS) is 13.0. The van der Waals surface area contributed by atoms with Crippen LogP contribution in [0.5, 0.6) is 11.5 Å². The molecule has 0 fully saturated rings. The van der Waals surface area contributed by atoms with Crippen molar-refractivity contribution >= 4 is 11.6 Å². The van der Waals surface area contributed by atoms with Crippen LogP contribution in [-0.4, -0.2) is 41.9 Å². The van der Waals surface area contributed by atoms with Crippen LogP contribution in [0.4, 0.5) is 0 Å². The number of nitrogens with zero attached hydrogens (tertiary/aromatic N) is 1. The monoisotopic (exact) mass is 447 g/mol. The number of allylic oxidation sites excluding steroid dienone is 1. The van der Waals surface area contributed by atoms with Crippen LogP contribution < -0.4 is 21.1 Å². The maximum absolute atomic E-state index is 10.1. The van der Waals surface area contributed by atoms with Gasteiger partial charge in [0.05, 0.1) is 13.2 Å². The number of halogens is 1. The Morgan fingerprint density at radius 3 is 2.06 bits per heavy atom. The lowest BCUT2D eigenvalue weighted by Crippen LogP contribution is -2.37. The Bertz CT molecular complexity index is 819. The van der Waals surface area contributed by atoms with E-state index < -0.39 is 6.10 Å². The second-order valence-electron chi connectivity index (χ2n) is 8.10. The van der Waals surface area contributed by atoms with Crippen LogP contribution in [0.2, 0.25) is 0 Å². The molecule has 7 heteroatoms. The summed E-state index contributed by atoms with van der Waals surface area (Å²) in [5.74, 6) is 7.89. The van der Waals surface area contributed by atoms with E-state index in [4.69, 9.17) is 32.7 Å². The molecular weight excluding hydrogens is 414 g/mol. The maximum atomic E-state index is 10.1. The third kappa shape index (κ3) is 7.98. The SMILES string of the molecule is C/C(N)=C/N(N)CC(O)COc1ccc(C(C)(C)c2ccc(OCCCCl)cc2)cc1. The van der Waals surface area contributed by atoms with Crippen LogP contribution >= 0.6 is 11.6 Å².